The van der Waals surface area contributed by atoms with Crippen molar-refractivity contribution in [3.63, 3.8) is 0 Å². The van der Waals surface area contributed by atoms with Crippen molar-refractivity contribution in [3.8, 4) is 0 Å². The average Bonchev–Trinajstić information content (AvgIpc) is 3.17. The number of carbonyl (C=O) groups is 1. The molecule has 1 saturated heterocycles. The summed E-state index contributed by atoms with van der Waals surface area (Å²) in [6.45, 7) is 3.80. The van der Waals surface area contributed by atoms with Crippen molar-refractivity contribution in [2.75, 3.05) is 19.6 Å². The first-order valence-electron chi connectivity index (χ1n) is 7.13. The first-order valence-corrected chi connectivity index (χ1v) is 7.13. The summed E-state index contributed by atoms with van der Waals surface area (Å²) in [7, 11) is 0. The number of aromatic nitrogens is 2. The summed E-state index contributed by atoms with van der Waals surface area (Å²) in [6.07, 6.45) is 1.34. The van der Waals surface area contributed by atoms with Gasteiger partial charge in [-0.25, -0.2) is 4.79 Å². The summed E-state index contributed by atoms with van der Waals surface area (Å²) in [5.74, 6) is 0.913. The maximum absolute atomic E-state index is 12.1. The van der Waals surface area contributed by atoms with Gasteiger partial charge in [0.05, 0.1) is 0 Å². The van der Waals surface area contributed by atoms with Crippen LogP contribution in [-0.2, 0) is 0 Å². The van der Waals surface area contributed by atoms with Crippen LogP contribution < -0.4 is 5.32 Å². The average molecular weight is 286 g/mol. The molecule has 2 heterocycles. The predicted molar refractivity (Wildman–Crippen MR) is 76.9 cm³/mol. The Kier molecular flexibility index (Phi) is 3.85. The van der Waals surface area contributed by atoms with Gasteiger partial charge in [-0.15, -0.1) is 0 Å². The maximum Gasteiger partial charge on any atom is 0.317 e. The van der Waals surface area contributed by atoms with E-state index in [-0.39, 0.29) is 17.9 Å². The second-order valence-electron chi connectivity index (χ2n) is 5.15. The van der Waals surface area contributed by atoms with E-state index < -0.39 is 0 Å². The van der Waals surface area contributed by atoms with Crippen molar-refractivity contribution in [2.24, 2.45) is 0 Å². The van der Waals surface area contributed by atoms with Gasteiger partial charge in [0.25, 0.3) is 0 Å². The maximum atomic E-state index is 12.1. The Morgan fingerprint density at radius 2 is 2.10 bits per heavy atom. The highest BCUT2D eigenvalue weighted by Crippen LogP contribution is 2.38. The van der Waals surface area contributed by atoms with Crippen LogP contribution >= 0.6 is 0 Å². The van der Waals surface area contributed by atoms with Crippen LogP contribution in [0, 0.1) is 0 Å². The quantitative estimate of drug-likeness (QED) is 0.936. The van der Waals surface area contributed by atoms with Gasteiger partial charge in [-0.3, -0.25) is 0 Å². The second-order valence-corrected chi connectivity index (χ2v) is 5.15. The molecule has 2 aromatic rings. The van der Waals surface area contributed by atoms with E-state index in [9.17, 15) is 4.79 Å². The Morgan fingerprint density at radius 3 is 2.76 bits per heavy atom. The number of nitrogens with one attached hydrogen (secondary N) is 1. The minimum absolute atomic E-state index is 0.0376. The van der Waals surface area contributed by atoms with Gasteiger partial charge in [-0.2, -0.15) is 4.98 Å². The van der Waals surface area contributed by atoms with Crippen molar-refractivity contribution >= 4 is 6.03 Å². The van der Waals surface area contributed by atoms with Crippen LogP contribution in [0.5, 0.6) is 0 Å². The van der Waals surface area contributed by atoms with Crippen LogP contribution in [0.1, 0.15) is 30.1 Å². The SMILES string of the molecule is CCNC(=O)N1C[C@H](c2ncon2)[C@H](c2ccccc2)C1. The van der Waals surface area contributed by atoms with Crippen molar-refractivity contribution in [1.82, 2.24) is 20.4 Å². The van der Waals surface area contributed by atoms with Gasteiger partial charge in [0.2, 0.25) is 6.39 Å². The summed E-state index contributed by atoms with van der Waals surface area (Å²) in [5, 5.41) is 6.82. The van der Waals surface area contributed by atoms with Gasteiger partial charge in [0, 0.05) is 31.5 Å². The Hall–Kier alpha value is -2.37. The molecule has 6 nitrogen and oxygen atoms in total. The highest BCUT2D eigenvalue weighted by Gasteiger charge is 2.39. The summed E-state index contributed by atoms with van der Waals surface area (Å²) in [6, 6.07) is 10.1. The molecule has 2 atom stereocenters. The fourth-order valence-electron chi connectivity index (χ4n) is 2.87. The number of nitrogens with zero attached hydrogens (tertiary/aromatic N) is 3. The summed E-state index contributed by atoms with van der Waals surface area (Å²) in [4.78, 5) is 18.1. The molecule has 21 heavy (non-hydrogen) atoms. The third kappa shape index (κ3) is 2.74. The van der Waals surface area contributed by atoms with E-state index in [1.165, 1.54) is 12.0 Å². The standard InChI is InChI=1S/C15H18N4O2/c1-2-16-15(20)19-8-12(11-6-4-3-5-7-11)13(9-19)14-17-10-21-18-14/h3-7,10,12-13H,2,8-9H2,1H3,(H,16,20)/t12-,13-/m0/s1. The van der Waals surface area contributed by atoms with Crippen LogP contribution in [0.2, 0.25) is 0 Å². The van der Waals surface area contributed by atoms with Crippen LogP contribution in [0.25, 0.3) is 0 Å². The molecule has 110 valence electrons. The topological polar surface area (TPSA) is 71.3 Å². The highest BCUT2D eigenvalue weighted by molar-refractivity contribution is 5.74. The van der Waals surface area contributed by atoms with E-state index in [1.807, 2.05) is 30.0 Å². The van der Waals surface area contributed by atoms with Crippen LogP contribution in [0.3, 0.4) is 0 Å². The lowest BCUT2D eigenvalue weighted by atomic mass is 9.88. The molecule has 1 aromatic heterocycles. The van der Waals surface area contributed by atoms with Gasteiger partial charge in [-0.1, -0.05) is 35.5 Å². The number of urea groups is 1. The molecule has 1 aliphatic rings. The normalized spacial score (nSPS) is 21.5. The molecule has 1 aliphatic heterocycles. The number of carbonyl (C=O) groups excluding carboxylic acids is 1. The third-order valence-corrected chi connectivity index (χ3v) is 3.87. The Morgan fingerprint density at radius 1 is 1.33 bits per heavy atom. The minimum Gasteiger partial charge on any atom is -0.343 e. The Bertz CT molecular complexity index is 585. The second kappa shape index (κ2) is 5.95. The van der Waals surface area contributed by atoms with E-state index in [0.717, 1.165) is 0 Å². The fraction of sp³-hybridized carbons (Fsp3) is 0.400. The number of rotatable bonds is 3. The van der Waals surface area contributed by atoms with Gasteiger partial charge < -0.3 is 14.7 Å². The highest BCUT2D eigenvalue weighted by atomic mass is 16.5. The number of benzene rings is 1. The molecule has 3 rings (SSSR count). The van der Waals surface area contributed by atoms with Crippen molar-refractivity contribution in [2.45, 2.75) is 18.8 Å². The molecule has 0 spiro atoms. The lowest BCUT2D eigenvalue weighted by molar-refractivity contribution is 0.208. The van der Waals surface area contributed by atoms with E-state index in [0.29, 0.717) is 25.5 Å². The number of hydrogen-bond acceptors (Lipinski definition) is 4. The van der Waals surface area contributed by atoms with Crippen LogP contribution in [0.4, 0.5) is 4.79 Å². The van der Waals surface area contributed by atoms with Gasteiger partial charge in [0.1, 0.15) is 0 Å². The number of amides is 2. The lowest BCUT2D eigenvalue weighted by Gasteiger charge is -2.16. The lowest BCUT2D eigenvalue weighted by Crippen LogP contribution is -2.38. The Labute approximate surface area is 123 Å². The molecule has 1 aromatic carbocycles. The molecule has 0 radical (unpaired) electrons. The van der Waals surface area contributed by atoms with Gasteiger partial charge in [-0.05, 0) is 12.5 Å². The Balaban J connectivity index is 1.86. The number of likely N-dealkylation sites (tertiary alicyclic amines) is 1. The third-order valence-electron chi connectivity index (χ3n) is 3.87. The monoisotopic (exact) mass is 286 g/mol. The van der Waals surface area contributed by atoms with E-state index in [2.05, 4.69) is 27.6 Å². The van der Waals surface area contributed by atoms with Gasteiger partial charge in [0.15, 0.2) is 5.82 Å². The zero-order valence-electron chi connectivity index (χ0n) is 11.9. The van der Waals surface area contributed by atoms with Crippen LogP contribution in [0.15, 0.2) is 41.2 Å². The zero-order valence-corrected chi connectivity index (χ0v) is 11.9. The largest absolute Gasteiger partial charge is 0.343 e. The molecule has 0 bridgehead atoms. The van der Waals surface area contributed by atoms with Crippen molar-refractivity contribution in [3.05, 3.63) is 48.1 Å². The van der Waals surface area contributed by atoms with E-state index in [4.69, 9.17) is 4.52 Å². The summed E-state index contributed by atoms with van der Waals surface area (Å²) < 4.78 is 4.87. The molecule has 0 saturated carbocycles. The molecule has 1 fully saturated rings. The smallest absolute Gasteiger partial charge is 0.317 e. The first-order chi connectivity index (χ1) is 10.3. The van der Waals surface area contributed by atoms with Crippen LogP contribution in [-0.4, -0.2) is 40.7 Å². The zero-order chi connectivity index (χ0) is 14.7. The fourth-order valence-corrected chi connectivity index (χ4v) is 2.87. The minimum atomic E-state index is -0.0376. The molecule has 0 unspecified atom stereocenters. The molecule has 0 aliphatic carbocycles. The first kappa shape index (κ1) is 13.6. The van der Waals surface area contributed by atoms with E-state index >= 15 is 0 Å². The van der Waals surface area contributed by atoms with Crippen molar-refractivity contribution < 1.29 is 9.32 Å². The molecule has 1 N–H and O–H groups in total. The van der Waals surface area contributed by atoms with Crippen molar-refractivity contribution in [1.29, 1.82) is 0 Å². The molecule has 6 heteroatoms. The molecular formula is C15H18N4O2. The number of hydrogen-bond donors (Lipinski definition) is 1. The van der Waals surface area contributed by atoms with Gasteiger partial charge >= 0.3 is 6.03 Å². The summed E-state index contributed by atoms with van der Waals surface area (Å²) in [5.41, 5.74) is 1.19. The molecule has 2 amide bonds. The molecular weight excluding hydrogens is 268 g/mol. The predicted octanol–water partition coefficient (Wildman–Crippen LogP) is 1.98. The summed E-state index contributed by atoms with van der Waals surface area (Å²) >= 11 is 0. The van der Waals surface area contributed by atoms with E-state index in [1.54, 1.807) is 0 Å².